The summed E-state index contributed by atoms with van der Waals surface area (Å²) >= 11 is 5.89. The van der Waals surface area contributed by atoms with Crippen molar-refractivity contribution >= 4 is 28.9 Å². The van der Waals surface area contributed by atoms with Gasteiger partial charge < -0.3 is 15.8 Å². The molecule has 0 atom stereocenters. The maximum absolute atomic E-state index is 11.9. The van der Waals surface area contributed by atoms with Crippen molar-refractivity contribution in [1.82, 2.24) is 0 Å². The SMILES string of the molecule is CC1(C)CCC(OCC(=O)Nc2cc(Cl)ccc2N)CC1. The Morgan fingerprint density at radius 2 is 2.10 bits per heavy atom. The molecule has 116 valence electrons. The third-order valence-electron chi connectivity index (χ3n) is 4.03. The molecular formula is C16H23ClN2O2. The first kappa shape index (κ1) is 16.1. The number of carbonyl (C=O) groups excluding carboxylic acids is 1. The smallest absolute Gasteiger partial charge is 0.250 e. The van der Waals surface area contributed by atoms with E-state index in [1.54, 1.807) is 18.2 Å². The number of amides is 1. The van der Waals surface area contributed by atoms with Gasteiger partial charge in [-0.1, -0.05) is 25.4 Å². The summed E-state index contributed by atoms with van der Waals surface area (Å²) in [5, 5.41) is 3.27. The van der Waals surface area contributed by atoms with Gasteiger partial charge in [0.2, 0.25) is 5.91 Å². The number of nitrogens with two attached hydrogens (primary N) is 1. The number of hydrogen-bond donors (Lipinski definition) is 2. The zero-order chi connectivity index (χ0) is 15.5. The highest BCUT2D eigenvalue weighted by Gasteiger charge is 2.27. The molecule has 0 unspecified atom stereocenters. The van der Waals surface area contributed by atoms with E-state index in [0.717, 1.165) is 25.7 Å². The van der Waals surface area contributed by atoms with Crippen molar-refractivity contribution in [3.05, 3.63) is 23.2 Å². The van der Waals surface area contributed by atoms with Gasteiger partial charge in [-0.2, -0.15) is 0 Å². The van der Waals surface area contributed by atoms with E-state index in [-0.39, 0.29) is 18.6 Å². The fraction of sp³-hybridized carbons (Fsp3) is 0.562. The van der Waals surface area contributed by atoms with Gasteiger partial charge in [0.15, 0.2) is 0 Å². The Morgan fingerprint density at radius 1 is 1.43 bits per heavy atom. The van der Waals surface area contributed by atoms with Crippen molar-refractivity contribution in [3.8, 4) is 0 Å². The summed E-state index contributed by atoms with van der Waals surface area (Å²) < 4.78 is 5.69. The maximum Gasteiger partial charge on any atom is 0.250 e. The molecule has 4 nitrogen and oxygen atoms in total. The molecule has 1 saturated carbocycles. The van der Waals surface area contributed by atoms with Crippen LogP contribution in [0.1, 0.15) is 39.5 Å². The third-order valence-corrected chi connectivity index (χ3v) is 4.26. The number of anilines is 2. The van der Waals surface area contributed by atoms with Crippen LogP contribution in [0.2, 0.25) is 5.02 Å². The molecule has 0 heterocycles. The summed E-state index contributed by atoms with van der Waals surface area (Å²) in [6.07, 6.45) is 4.49. The standard InChI is InChI=1S/C16H23ClN2O2/c1-16(2)7-5-12(6-8-16)21-10-15(20)19-14-9-11(17)3-4-13(14)18/h3-4,9,12H,5-8,10,18H2,1-2H3,(H,19,20). The lowest BCUT2D eigenvalue weighted by molar-refractivity contribution is -0.123. The average molecular weight is 311 g/mol. The Labute approximate surface area is 131 Å². The van der Waals surface area contributed by atoms with Gasteiger partial charge in [0.25, 0.3) is 0 Å². The van der Waals surface area contributed by atoms with Gasteiger partial charge in [-0.05, 0) is 49.3 Å². The molecule has 2 rings (SSSR count). The molecule has 0 aromatic heterocycles. The molecule has 5 heteroatoms. The van der Waals surface area contributed by atoms with Crippen LogP contribution in [0.25, 0.3) is 0 Å². The maximum atomic E-state index is 11.9. The van der Waals surface area contributed by atoms with Crippen molar-refractivity contribution < 1.29 is 9.53 Å². The predicted octanol–water partition coefficient (Wildman–Crippen LogP) is 3.85. The fourth-order valence-electron chi connectivity index (χ4n) is 2.56. The van der Waals surface area contributed by atoms with Crippen LogP contribution in [0, 0.1) is 5.41 Å². The van der Waals surface area contributed by atoms with Gasteiger partial charge >= 0.3 is 0 Å². The van der Waals surface area contributed by atoms with Crippen molar-refractivity contribution in [2.24, 2.45) is 5.41 Å². The van der Waals surface area contributed by atoms with Crippen molar-refractivity contribution in [2.45, 2.75) is 45.6 Å². The zero-order valence-corrected chi connectivity index (χ0v) is 13.4. The van der Waals surface area contributed by atoms with E-state index in [1.165, 1.54) is 0 Å². The molecular weight excluding hydrogens is 288 g/mol. The molecule has 0 aliphatic heterocycles. The Morgan fingerprint density at radius 3 is 2.76 bits per heavy atom. The highest BCUT2D eigenvalue weighted by atomic mass is 35.5. The van der Waals surface area contributed by atoms with Crippen LogP contribution in [0.15, 0.2) is 18.2 Å². The molecule has 1 aliphatic carbocycles. The van der Waals surface area contributed by atoms with E-state index in [4.69, 9.17) is 22.1 Å². The van der Waals surface area contributed by atoms with Gasteiger partial charge in [0.05, 0.1) is 17.5 Å². The number of benzene rings is 1. The van der Waals surface area contributed by atoms with E-state index in [0.29, 0.717) is 21.8 Å². The fourth-order valence-corrected chi connectivity index (χ4v) is 2.73. The molecule has 0 saturated heterocycles. The lowest BCUT2D eigenvalue weighted by Crippen LogP contribution is -2.29. The molecule has 1 aromatic rings. The van der Waals surface area contributed by atoms with E-state index in [9.17, 15) is 4.79 Å². The van der Waals surface area contributed by atoms with E-state index < -0.39 is 0 Å². The van der Waals surface area contributed by atoms with Crippen LogP contribution in [0.4, 0.5) is 11.4 Å². The second-order valence-electron chi connectivity index (χ2n) is 6.45. The van der Waals surface area contributed by atoms with Gasteiger partial charge in [0.1, 0.15) is 6.61 Å². The number of hydrogen-bond acceptors (Lipinski definition) is 3. The van der Waals surface area contributed by atoms with Gasteiger partial charge in [-0.25, -0.2) is 0 Å². The normalized spacial score (nSPS) is 18.4. The van der Waals surface area contributed by atoms with Crippen LogP contribution in [-0.4, -0.2) is 18.6 Å². The van der Waals surface area contributed by atoms with E-state index >= 15 is 0 Å². The van der Waals surface area contributed by atoms with Gasteiger partial charge in [-0.3, -0.25) is 4.79 Å². The first-order valence-electron chi connectivity index (χ1n) is 7.32. The quantitative estimate of drug-likeness (QED) is 0.830. The highest BCUT2D eigenvalue weighted by molar-refractivity contribution is 6.31. The first-order chi connectivity index (χ1) is 9.85. The van der Waals surface area contributed by atoms with Crippen LogP contribution >= 0.6 is 11.6 Å². The molecule has 0 spiro atoms. The number of carbonyl (C=O) groups is 1. The topological polar surface area (TPSA) is 64.3 Å². The molecule has 21 heavy (non-hydrogen) atoms. The summed E-state index contributed by atoms with van der Waals surface area (Å²) in [4.78, 5) is 11.9. The average Bonchev–Trinajstić information content (AvgIpc) is 2.42. The minimum Gasteiger partial charge on any atom is -0.397 e. The van der Waals surface area contributed by atoms with E-state index in [1.807, 2.05) is 0 Å². The summed E-state index contributed by atoms with van der Waals surface area (Å²) in [5.41, 5.74) is 7.21. The van der Waals surface area contributed by atoms with Crippen molar-refractivity contribution in [1.29, 1.82) is 0 Å². The van der Waals surface area contributed by atoms with Crippen LogP contribution < -0.4 is 11.1 Å². The van der Waals surface area contributed by atoms with Gasteiger partial charge in [0, 0.05) is 5.02 Å². The Hall–Kier alpha value is -1.26. The largest absolute Gasteiger partial charge is 0.397 e. The minimum absolute atomic E-state index is 0.0526. The van der Waals surface area contributed by atoms with Crippen LogP contribution in [0.3, 0.4) is 0 Å². The summed E-state index contributed by atoms with van der Waals surface area (Å²) in [5.74, 6) is -0.200. The zero-order valence-electron chi connectivity index (χ0n) is 12.6. The lowest BCUT2D eigenvalue weighted by Gasteiger charge is -2.34. The second-order valence-corrected chi connectivity index (χ2v) is 6.89. The molecule has 1 fully saturated rings. The van der Waals surface area contributed by atoms with Crippen LogP contribution in [-0.2, 0) is 9.53 Å². The monoisotopic (exact) mass is 310 g/mol. The predicted molar refractivity (Wildman–Crippen MR) is 86.5 cm³/mol. The summed E-state index contributed by atoms with van der Waals surface area (Å²) in [6, 6.07) is 4.99. The van der Waals surface area contributed by atoms with E-state index in [2.05, 4.69) is 19.2 Å². The molecule has 3 N–H and O–H groups in total. The Kier molecular flexibility index (Phi) is 5.12. The Balaban J connectivity index is 1.79. The minimum atomic E-state index is -0.200. The molecule has 0 radical (unpaired) electrons. The number of rotatable bonds is 4. The van der Waals surface area contributed by atoms with Crippen molar-refractivity contribution in [3.63, 3.8) is 0 Å². The van der Waals surface area contributed by atoms with Gasteiger partial charge in [-0.15, -0.1) is 0 Å². The summed E-state index contributed by atoms with van der Waals surface area (Å²) in [7, 11) is 0. The molecule has 1 aromatic carbocycles. The highest BCUT2D eigenvalue weighted by Crippen LogP contribution is 2.36. The third kappa shape index (κ3) is 4.90. The molecule has 1 amide bonds. The molecule has 0 bridgehead atoms. The molecule has 1 aliphatic rings. The van der Waals surface area contributed by atoms with Crippen LogP contribution in [0.5, 0.6) is 0 Å². The number of nitrogens with one attached hydrogen (secondary N) is 1. The van der Waals surface area contributed by atoms with Crippen molar-refractivity contribution in [2.75, 3.05) is 17.7 Å². The first-order valence-corrected chi connectivity index (χ1v) is 7.70. The number of halogens is 1. The Bertz CT molecular complexity index is 507. The summed E-state index contributed by atoms with van der Waals surface area (Å²) in [6.45, 7) is 4.60. The number of ether oxygens (including phenoxy) is 1. The number of nitrogen functional groups attached to an aromatic ring is 1. The second kappa shape index (κ2) is 6.67. The lowest BCUT2D eigenvalue weighted by atomic mass is 9.76.